The van der Waals surface area contributed by atoms with Gasteiger partial charge in [-0.1, -0.05) is 37.9 Å². The Bertz CT molecular complexity index is 657. The summed E-state index contributed by atoms with van der Waals surface area (Å²) in [5, 5.41) is 0. The lowest BCUT2D eigenvalue weighted by Crippen LogP contribution is -2.43. The van der Waals surface area contributed by atoms with Crippen LogP contribution in [0.3, 0.4) is 0 Å². The Balaban J connectivity index is 4.29. The van der Waals surface area contributed by atoms with Gasteiger partial charge in [-0.2, -0.15) is 0 Å². The van der Waals surface area contributed by atoms with Crippen LogP contribution < -0.4 is 0 Å². The van der Waals surface area contributed by atoms with Crippen molar-refractivity contribution in [3.63, 3.8) is 0 Å². The minimum absolute atomic E-state index is 0.0404. The monoisotopic (exact) mass is 662 g/mol. The van der Waals surface area contributed by atoms with Crippen LogP contribution in [-0.4, -0.2) is 99.2 Å². The number of hydrogen-bond acceptors (Lipinski definition) is 11. The van der Waals surface area contributed by atoms with E-state index in [1.807, 2.05) is 0 Å². The van der Waals surface area contributed by atoms with Crippen molar-refractivity contribution < 1.29 is 52.6 Å². The summed E-state index contributed by atoms with van der Waals surface area (Å²) in [4.78, 5) is 46.7. The maximum atomic E-state index is 12.8. The van der Waals surface area contributed by atoms with Gasteiger partial charge in [-0.3, -0.25) is 14.4 Å². The van der Waals surface area contributed by atoms with E-state index in [1.165, 1.54) is 6.92 Å². The van der Waals surface area contributed by atoms with Gasteiger partial charge in [0.2, 0.25) is 0 Å². The molecule has 37 heavy (non-hydrogen) atoms. The van der Waals surface area contributed by atoms with Gasteiger partial charge in [0, 0.05) is 0 Å². The van der Waals surface area contributed by atoms with E-state index in [0.717, 1.165) is 0 Å². The van der Waals surface area contributed by atoms with Crippen LogP contribution in [0.2, 0.25) is 0 Å². The summed E-state index contributed by atoms with van der Waals surface area (Å²) in [6.45, 7) is 13.3. The lowest BCUT2D eigenvalue weighted by atomic mass is 9.93. The number of esters is 3. The van der Waals surface area contributed by atoms with Gasteiger partial charge in [-0.25, -0.2) is 9.78 Å². The number of hydrogen-bond donors (Lipinski definition) is 0. The molecule has 0 aromatic heterocycles. The molecule has 0 radical (unpaired) electrons. The van der Waals surface area contributed by atoms with E-state index in [0.29, 0.717) is 46.2 Å². The lowest BCUT2D eigenvalue weighted by Gasteiger charge is -2.28. The first-order valence-electron chi connectivity index (χ1n) is 11.7. The molecule has 216 valence electrons. The minimum Gasteiger partial charge on any atom is -0.463 e. The SMILES string of the molecule is C=CCOOCCOCCOCCOCCOC(=O)C(C)(COC(=O)C(C)(C)Br)COC(=O)C(C)(C)Br. The summed E-state index contributed by atoms with van der Waals surface area (Å²) in [7, 11) is 0. The number of halogens is 2. The van der Waals surface area contributed by atoms with Crippen molar-refractivity contribution in [2.75, 3.05) is 72.7 Å². The molecule has 0 amide bonds. The quantitative estimate of drug-likeness (QED) is 0.0323. The van der Waals surface area contributed by atoms with Gasteiger partial charge in [0.1, 0.15) is 47.1 Å². The first-order valence-corrected chi connectivity index (χ1v) is 13.3. The molecule has 0 aliphatic carbocycles. The van der Waals surface area contributed by atoms with Gasteiger partial charge in [-0.15, -0.1) is 6.58 Å². The Kier molecular flexibility index (Phi) is 18.5. The molecule has 0 aromatic rings. The molecule has 0 aliphatic rings. The second-order valence-corrected chi connectivity index (χ2v) is 13.0. The molecule has 11 nitrogen and oxygen atoms in total. The maximum absolute atomic E-state index is 12.8. The van der Waals surface area contributed by atoms with Crippen molar-refractivity contribution in [2.24, 2.45) is 5.41 Å². The van der Waals surface area contributed by atoms with Crippen LogP contribution in [0, 0.1) is 5.41 Å². The standard InChI is InChI=1S/C24H40Br2O11/c1-7-8-36-37-16-14-32-12-10-30-9-11-31-13-15-33-21(29)24(6,17-34-19(27)22(2,3)25)18-35-20(28)23(4,5)26/h7H,1,8-18H2,2-6H3. The predicted molar refractivity (Wildman–Crippen MR) is 142 cm³/mol. The van der Waals surface area contributed by atoms with Gasteiger partial charge in [0.05, 0.1) is 39.6 Å². The van der Waals surface area contributed by atoms with Crippen LogP contribution in [0.25, 0.3) is 0 Å². The van der Waals surface area contributed by atoms with E-state index in [1.54, 1.807) is 33.8 Å². The molecule has 0 fully saturated rings. The van der Waals surface area contributed by atoms with Crippen LogP contribution in [0.15, 0.2) is 12.7 Å². The topological polar surface area (TPSA) is 125 Å². The number of rotatable bonds is 22. The summed E-state index contributed by atoms with van der Waals surface area (Å²) in [5.41, 5.74) is -1.41. The highest BCUT2D eigenvalue weighted by atomic mass is 79.9. The van der Waals surface area contributed by atoms with Crippen molar-refractivity contribution >= 4 is 49.8 Å². The summed E-state index contributed by atoms with van der Waals surface area (Å²) in [6, 6.07) is 0. The Morgan fingerprint density at radius 2 is 1.03 bits per heavy atom. The summed E-state index contributed by atoms with van der Waals surface area (Å²) in [6.07, 6.45) is 1.58. The fraction of sp³-hybridized carbons (Fsp3) is 0.792. The van der Waals surface area contributed by atoms with E-state index in [2.05, 4.69) is 38.4 Å². The highest BCUT2D eigenvalue weighted by Crippen LogP contribution is 2.25. The average Bonchev–Trinajstić information content (AvgIpc) is 2.81. The second-order valence-electron chi connectivity index (χ2n) is 9.03. The van der Waals surface area contributed by atoms with Crippen molar-refractivity contribution in [2.45, 2.75) is 43.3 Å². The van der Waals surface area contributed by atoms with Crippen molar-refractivity contribution in [3.8, 4) is 0 Å². The van der Waals surface area contributed by atoms with Crippen molar-refractivity contribution in [1.82, 2.24) is 0 Å². The fourth-order valence-electron chi connectivity index (χ4n) is 2.11. The fourth-order valence-corrected chi connectivity index (χ4v) is 2.34. The van der Waals surface area contributed by atoms with Gasteiger partial charge >= 0.3 is 17.9 Å². The van der Waals surface area contributed by atoms with E-state index < -0.39 is 32.0 Å². The molecular formula is C24H40Br2O11. The first kappa shape index (κ1) is 35.9. The second kappa shape index (κ2) is 19.0. The molecule has 0 unspecified atom stereocenters. The molecule has 0 spiro atoms. The van der Waals surface area contributed by atoms with Crippen LogP contribution in [0.5, 0.6) is 0 Å². The van der Waals surface area contributed by atoms with Crippen LogP contribution in [0.4, 0.5) is 0 Å². The molecule has 0 aromatic carbocycles. The third kappa shape index (κ3) is 17.9. The highest BCUT2D eigenvalue weighted by Gasteiger charge is 2.41. The Morgan fingerprint density at radius 3 is 1.43 bits per heavy atom. The smallest absolute Gasteiger partial charge is 0.322 e. The normalized spacial score (nSPS) is 12.2. The molecule has 0 rings (SSSR count). The number of alkyl halides is 2. The van der Waals surface area contributed by atoms with Crippen LogP contribution in [0.1, 0.15) is 34.6 Å². The van der Waals surface area contributed by atoms with Gasteiger partial charge in [0.15, 0.2) is 0 Å². The third-order valence-electron chi connectivity index (χ3n) is 4.29. The molecule has 0 aliphatic heterocycles. The minimum atomic E-state index is -1.41. The first-order chi connectivity index (χ1) is 17.2. The van der Waals surface area contributed by atoms with E-state index in [9.17, 15) is 14.4 Å². The maximum Gasteiger partial charge on any atom is 0.322 e. The van der Waals surface area contributed by atoms with Crippen LogP contribution in [-0.2, 0) is 52.6 Å². The zero-order valence-electron chi connectivity index (χ0n) is 22.3. The average molecular weight is 664 g/mol. The molecule has 0 heterocycles. The number of ether oxygens (including phenoxy) is 6. The largest absolute Gasteiger partial charge is 0.463 e. The van der Waals surface area contributed by atoms with Gasteiger partial charge in [-0.05, 0) is 34.6 Å². The molecule has 13 heteroatoms. The van der Waals surface area contributed by atoms with Gasteiger partial charge < -0.3 is 28.4 Å². The third-order valence-corrected chi connectivity index (χ3v) is 4.94. The Hall–Kier alpha value is -1.09. The zero-order valence-corrected chi connectivity index (χ0v) is 25.5. The number of carbonyl (C=O) groups excluding carboxylic acids is 3. The van der Waals surface area contributed by atoms with Crippen molar-refractivity contribution in [1.29, 1.82) is 0 Å². The predicted octanol–water partition coefficient (Wildman–Crippen LogP) is 3.15. The van der Waals surface area contributed by atoms with Crippen molar-refractivity contribution in [3.05, 3.63) is 12.7 Å². The summed E-state index contributed by atoms with van der Waals surface area (Å²) >= 11 is 6.42. The molecule has 0 atom stereocenters. The lowest BCUT2D eigenvalue weighted by molar-refractivity contribution is -0.291. The molecule has 0 bridgehead atoms. The number of carbonyl (C=O) groups is 3. The van der Waals surface area contributed by atoms with E-state index in [4.69, 9.17) is 38.2 Å². The highest BCUT2D eigenvalue weighted by molar-refractivity contribution is 9.10. The van der Waals surface area contributed by atoms with E-state index in [-0.39, 0.29) is 26.4 Å². The zero-order chi connectivity index (χ0) is 28.4. The molecule has 0 saturated carbocycles. The summed E-state index contributed by atoms with van der Waals surface area (Å²) in [5.74, 6) is -1.83. The molecule has 0 N–H and O–H groups in total. The molecule has 0 saturated heterocycles. The Morgan fingerprint density at radius 1 is 0.622 bits per heavy atom. The van der Waals surface area contributed by atoms with E-state index >= 15 is 0 Å². The molecular weight excluding hydrogens is 624 g/mol. The van der Waals surface area contributed by atoms with Crippen LogP contribution >= 0.6 is 31.9 Å². The van der Waals surface area contributed by atoms with Gasteiger partial charge in [0.25, 0.3) is 0 Å². The Labute approximate surface area is 236 Å². The summed E-state index contributed by atoms with van der Waals surface area (Å²) < 4.78 is 30.0.